The van der Waals surface area contributed by atoms with Gasteiger partial charge in [-0.1, -0.05) is 0 Å². The number of nitrogen functional groups attached to an aromatic ring is 1. The van der Waals surface area contributed by atoms with Crippen molar-refractivity contribution >= 4 is 5.69 Å². The minimum absolute atomic E-state index is 0.0122. The van der Waals surface area contributed by atoms with Crippen molar-refractivity contribution in [1.82, 2.24) is 0 Å². The van der Waals surface area contributed by atoms with E-state index in [9.17, 15) is 4.39 Å². The lowest BCUT2D eigenvalue weighted by Crippen LogP contribution is -1.98. The van der Waals surface area contributed by atoms with Crippen LogP contribution >= 0.6 is 0 Å². The zero-order valence-electron chi connectivity index (χ0n) is 6.71. The second-order valence-corrected chi connectivity index (χ2v) is 2.48. The summed E-state index contributed by atoms with van der Waals surface area (Å²) in [6.07, 6.45) is 0.0122. The summed E-state index contributed by atoms with van der Waals surface area (Å²) < 4.78 is 13.0. The molecule has 0 aromatic heterocycles. The first kappa shape index (κ1) is 9.02. The summed E-state index contributed by atoms with van der Waals surface area (Å²) in [5, 5.41) is 16.9. The van der Waals surface area contributed by atoms with Gasteiger partial charge in [0.2, 0.25) is 0 Å². The molecular formula is C9H6FN3. The Morgan fingerprint density at radius 1 is 1.38 bits per heavy atom. The van der Waals surface area contributed by atoms with E-state index in [0.29, 0.717) is 5.56 Å². The van der Waals surface area contributed by atoms with Crippen molar-refractivity contribution in [2.75, 3.05) is 5.73 Å². The molecule has 0 radical (unpaired) electrons. The Balaban J connectivity index is 3.28. The third-order valence-corrected chi connectivity index (χ3v) is 1.61. The Morgan fingerprint density at radius 3 is 2.62 bits per heavy atom. The van der Waals surface area contributed by atoms with E-state index in [4.69, 9.17) is 16.3 Å². The molecule has 2 N–H and O–H groups in total. The van der Waals surface area contributed by atoms with Gasteiger partial charge >= 0.3 is 0 Å². The zero-order valence-corrected chi connectivity index (χ0v) is 6.71. The van der Waals surface area contributed by atoms with Gasteiger partial charge in [0, 0.05) is 0 Å². The molecule has 0 unspecified atom stereocenters. The Bertz CT molecular complexity index is 412. The molecule has 3 nitrogen and oxygen atoms in total. The van der Waals surface area contributed by atoms with Crippen LogP contribution in [-0.2, 0) is 6.42 Å². The molecule has 13 heavy (non-hydrogen) atoms. The largest absolute Gasteiger partial charge is 0.396 e. The van der Waals surface area contributed by atoms with Gasteiger partial charge in [-0.2, -0.15) is 10.5 Å². The van der Waals surface area contributed by atoms with Crippen LogP contribution < -0.4 is 5.73 Å². The maximum absolute atomic E-state index is 13.0. The van der Waals surface area contributed by atoms with Gasteiger partial charge in [0.25, 0.3) is 0 Å². The van der Waals surface area contributed by atoms with Crippen LogP contribution in [0.15, 0.2) is 12.1 Å². The Kier molecular flexibility index (Phi) is 2.47. The van der Waals surface area contributed by atoms with Gasteiger partial charge in [0.15, 0.2) is 0 Å². The molecule has 4 heteroatoms. The second-order valence-electron chi connectivity index (χ2n) is 2.48. The Morgan fingerprint density at radius 2 is 2.08 bits per heavy atom. The first-order chi connectivity index (χ1) is 6.19. The maximum Gasteiger partial charge on any atom is 0.147 e. The Hall–Kier alpha value is -2.07. The van der Waals surface area contributed by atoms with Crippen LogP contribution in [0, 0.1) is 28.5 Å². The van der Waals surface area contributed by atoms with Crippen molar-refractivity contribution < 1.29 is 4.39 Å². The smallest absolute Gasteiger partial charge is 0.147 e. The summed E-state index contributed by atoms with van der Waals surface area (Å²) in [7, 11) is 0. The van der Waals surface area contributed by atoms with Crippen LogP contribution in [0.1, 0.15) is 11.1 Å². The molecule has 0 aliphatic rings. The lowest BCUT2D eigenvalue weighted by Gasteiger charge is -2.02. The van der Waals surface area contributed by atoms with Crippen LogP contribution in [-0.4, -0.2) is 0 Å². The summed E-state index contributed by atoms with van der Waals surface area (Å²) >= 11 is 0. The van der Waals surface area contributed by atoms with Crippen LogP contribution in [0.2, 0.25) is 0 Å². The van der Waals surface area contributed by atoms with Gasteiger partial charge in [0.05, 0.1) is 29.8 Å². The molecular weight excluding hydrogens is 169 g/mol. The first-order valence-corrected chi connectivity index (χ1v) is 3.54. The molecule has 0 bridgehead atoms. The molecule has 0 saturated heterocycles. The van der Waals surface area contributed by atoms with Crippen molar-refractivity contribution in [3.63, 3.8) is 0 Å². The number of hydrogen-bond donors (Lipinski definition) is 1. The molecule has 0 aliphatic carbocycles. The lowest BCUT2D eigenvalue weighted by molar-refractivity contribution is 0.630. The average Bonchev–Trinajstić information content (AvgIpc) is 2.13. The van der Waals surface area contributed by atoms with Crippen molar-refractivity contribution in [2.45, 2.75) is 6.42 Å². The summed E-state index contributed by atoms with van der Waals surface area (Å²) in [6, 6.07) is 6.11. The highest BCUT2D eigenvalue weighted by Crippen LogP contribution is 2.18. The number of hydrogen-bond acceptors (Lipinski definition) is 3. The Labute approximate surface area is 74.8 Å². The predicted molar refractivity (Wildman–Crippen MR) is 44.8 cm³/mol. The number of nitriles is 2. The highest BCUT2D eigenvalue weighted by atomic mass is 19.1. The van der Waals surface area contributed by atoms with Gasteiger partial charge in [-0.3, -0.25) is 0 Å². The van der Waals surface area contributed by atoms with Crippen LogP contribution in [0.25, 0.3) is 0 Å². The summed E-state index contributed by atoms with van der Waals surface area (Å²) in [6.45, 7) is 0. The number of rotatable bonds is 1. The molecule has 0 aliphatic heterocycles. The SMILES string of the molecule is N#CCc1cc(C#N)cc(F)c1N. The van der Waals surface area contributed by atoms with Gasteiger partial charge < -0.3 is 5.73 Å². The summed E-state index contributed by atoms with van der Waals surface area (Å²) in [5.41, 5.74) is 5.84. The quantitative estimate of drug-likeness (QED) is 0.654. The molecule has 0 spiro atoms. The van der Waals surface area contributed by atoms with Crippen LogP contribution in [0.3, 0.4) is 0 Å². The standard InChI is InChI=1S/C9H6FN3/c10-8-4-6(5-12)3-7(1-2-11)9(8)13/h3-4H,1,13H2. The van der Waals surface area contributed by atoms with E-state index in [1.165, 1.54) is 6.07 Å². The maximum atomic E-state index is 13.0. The minimum Gasteiger partial charge on any atom is -0.396 e. The topological polar surface area (TPSA) is 73.6 Å². The monoisotopic (exact) mass is 175 g/mol. The minimum atomic E-state index is -0.649. The molecule has 0 saturated carbocycles. The van der Waals surface area contributed by atoms with Gasteiger partial charge in [-0.15, -0.1) is 0 Å². The van der Waals surface area contributed by atoms with Crippen LogP contribution in [0.5, 0.6) is 0 Å². The summed E-state index contributed by atoms with van der Waals surface area (Å²) in [4.78, 5) is 0. The van der Waals surface area contributed by atoms with E-state index in [-0.39, 0.29) is 17.7 Å². The molecule has 1 aromatic rings. The fourth-order valence-electron chi connectivity index (χ4n) is 0.971. The lowest BCUT2D eigenvalue weighted by atomic mass is 10.1. The van der Waals surface area contributed by atoms with Gasteiger partial charge in [-0.25, -0.2) is 4.39 Å². The van der Waals surface area contributed by atoms with E-state index in [1.807, 2.05) is 6.07 Å². The van der Waals surface area contributed by atoms with E-state index in [1.54, 1.807) is 6.07 Å². The predicted octanol–water partition coefficient (Wildman–Crippen LogP) is 1.35. The highest BCUT2D eigenvalue weighted by molar-refractivity contribution is 5.53. The fraction of sp³-hybridized carbons (Fsp3) is 0.111. The van der Waals surface area contributed by atoms with E-state index in [0.717, 1.165) is 6.07 Å². The van der Waals surface area contributed by atoms with Crippen LogP contribution in [0.4, 0.5) is 10.1 Å². The molecule has 1 aromatic carbocycles. The zero-order chi connectivity index (χ0) is 9.84. The average molecular weight is 175 g/mol. The third-order valence-electron chi connectivity index (χ3n) is 1.61. The molecule has 64 valence electrons. The molecule has 1 rings (SSSR count). The van der Waals surface area contributed by atoms with E-state index in [2.05, 4.69) is 0 Å². The number of benzene rings is 1. The van der Waals surface area contributed by atoms with Crippen molar-refractivity contribution in [2.24, 2.45) is 0 Å². The van der Waals surface area contributed by atoms with Crippen molar-refractivity contribution in [1.29, 1.82) is 10.5 Å². The van der Waals surface area contributed by atoms with E-state index < -0.39 is 5.82 Å². The van der Waals surface area contributed by atoms with Gasteiger partial charge in [-0.05, 0) is 17.7 Å². The number of halogens is 1. The molecule has 0 atom stereocenters. The highest BCUT2D eigenvalue weighted by Gasteiger charge is 2.06. The third kappa shape index (κ3) is 1.74. The molecule has 0 amide bonds. The molecule has 0 heterocycles. The second kappa shape index (κ2) is 3.55. The van der Waals surface area contributed by atoms with Crippen molar-refractivity contribution in [3.05, 3.63) is 29.1 Å². The van der Waals surface area contributed by atoms with E-state index >= 15 is 0 Å². The molecule has 0 fully saturated rings. The first-order valence-electron chi connectivity index (χ1n) is 3.54. The number of nitrogens with zero attached hydrogens (tertiary/aromatic N) is 2. The summed E-state index contributed by atoms with van der Waals surface area (Å²) in [5.74, 6) is -0.649. The fourth-order valence-corrected chi connectivity index (χ4v) is 0.971. The number of nitrogens with two attached hydrogens (primary N) is 1. The van der Waals surface area contributed by atoms with Gasteiger partial charge in [0.1, 0.15) is 5.82 Å². The van der Waals surface area contributed by atoms with Crippen molar-refractivity contribution in [3.8, 4) is 12.1 Å². The number of anilines is 1. The normalized spacial score (nSPS) is 8.85.